The van der Waals surface area contributed by atoms with Crippen LogP contribution in [0.1, 0.15) is 16.1 Å². The second-order valence-corrected chi connectivity index (χ2v) is 4.09. The van der Waals surface area contributed by atoms with Crippen LogP contribution in [0.3, 0.4) is 0 Å². The fraction of sp³-hybridized carbons (Fsp3) is 0.500. The molecule has 1 saturated heterocycles. The molecule has 16 heavy (non-hydrogen) atoms. The molecule has 2 rings (SSSR count). The Balaban J connectivity index is 2.15. The van der Waals surface area contributed by atoms with Crippen LogP contribution in [0.15, 0.2) is 18.3 Å². The predicted molar refractivity (Wildman–Crippen MR) is 60.5 cm³/mol. The van der Waals surface area contributed by atoms with Crippen LogP contribution in [-0.4, -0.2) is 37.1 Å². The van der Waals surface area contributed by atoms with E-state index in [1.807, 2.05) is 26.1 Å². The monoisotopic (exact) mass is 220 g/mol. The first-order valence-electron chi connectivity index (χ1n) is 5.44. The molecule has 4 heteroatoms. The van der Waals surface area contributed by atoms with E-state index in [1.54, 1.807) is 6.20 Å². The van der Waals surface area contributed by atoms with Crippen LogP contribution in [0.4, 0.5) is 0 Å². The van der Waals surface area contributed by atoms with E-state index in [2.05, 4.69) is 10.3 Å². The standard InChI is InChI=1S/C12H16N2O2/c1-8-3-4-9(5-14-8)12(15)10-6-16-7-11(10)13-2/h3-5,10-11,13H,6-7H2,1-2H3. The van der Waals surface area contributed by atoms with E-state index < -0.39 is 0 Å². The lowest BCUT2D eigenvalue weighted by atomic mass is 9.94. The van der Waals surface area contributed by atoms with Gasteiger partial charge in [0.25, 0.3) is 0 Å². The summed E-state index contributed by atoms with van der Waals surface area (Å²) in [6.45, 7) is 3.01. The van der Waals surface area contributed by atoms with E-state index in [0.717, 1.165) is 5.69 Å². The second-order valence-electron chi connectivity index (χ2n) is 4.09. The van der Waals surface area contributed by atoms with Gasteiger partial charge in [0.15, 0.2) is 5.78 Å². The Morgan fingerprint density at radius 1 is 1.50 bits per heavy atom. The van der Waals surface area contributed by atoms with Gasteiger partial charge in [0.05, 0.1) is 19.1 Å². The average Bonchev–Trinajstić information content (AvgIpc) is 2.77. The van der Waals surface area contributed by atoms with Crippen molar-refractivity contribution in [3.8, 4) is 0 Å². The number of carbonyl (C=O) groups is 1. The molecule has 0 aliphatic carbocycles. The number of aromatic nitrogens is 1. The first-order valence-corrected chi connectivity index (χ1v) is 5.44. The highest BCUT2D eigenvalue weighted by Gasteiger charge is 2.33. The molecule has 2 heterocycles. The third-order valence-electron chi connectivity index (χ3n) is 2.98. The number of Topliss-reactive ketones (excluding diaryl/α,β-unsaturated/α-hetero) is 1. The molecule has 0 amide bonds. The van der Waals surface area contributed by atoms with Crippen molar-refractivity contribution in [3.05, 3.63) is 29.6 Å². The summed E-state index contributed by atoms with van der Waals surface area (Å²) in [5, 5.41) is 3.11. The van der Waals surface area contributed by atoms with Crippen LogP contribution < -0.4 is 5.32 Å². The maximum Gasteiger partial charge on any atom is 0.171 e. The number of nitrogens with zero attached hydrogens (tertiary/aromatic N) is 1. The summed E-state index contributed by atoms with van der Waals surface area (Å²) >= 11 is 0. The molecule has 1 aromatic heterocycles. The van der Waals surface area contributed by atoms with E-state index in [1.165, 1.54) is 0 Å². The Labute approximate surface area is 95.0 Å². The van der Waals surface area contributed by atoms with Crippen LogP contribution >= 0.6 is 0 Å². The summed E-state index contributed by atoms with van der Waals surface area (Å²) in [6, 6.07) is 3.81. The van der Waals surface area contributed by atoms with E-state index >= 15 is 0 Å². The summed E-state index contributed by atoms with van der Waals surface area (Å²) in [6.07, 6.45) is 1.64. The van der Waals surface area contributed by atoms with Gasteiger partial charge in [-0.05, 0) is 26.1 Å². The van der Waals surface area contributed by atoms with Crippen LogP contribution in [0, 0.1) is 12.8 Å². The number of hydrogen-bond acceptors (Lipinski definition) is 4. The molecule has 1 fully saturated rings. The van der Waals surface area contributed by atoms with Gasteiger partial charge in [0, 0.05) is 23.5 Å². The Morgan fingerprint density at radius 3 is 2.94 bits per heavy atom. The van der Waals surface area contributed by atoms with Gasteiger partial charge >= 0.3 is 0 Å². The Morgan fingerprint density at radius 2 is 2.31 bits per heavy atom. The molecule has 1 aliphatic heterocycles. The Kier molecular flexibility index (Phi) is 3.31. The minimum atomic E-state index is -0.0884. The van der Waals surface area contributed by atoms with Crippen molar-refractivity contribution >= 4 is 5.78 Å². The van der Waals surface area contributed by atoms with Crippen LogP contribution in [0.25, 0.3) is 0 Å². The van der Waals surface area contributed by atoms with Crippen LogP contribution in [-0.2, 0) is 4.74 Å². The largest absolute Gasteiger partial charge is 0.379 e. The number of rotatable bonds is 3. The highest BCUT2D eigenvalue weighted by atomic mass is 16.5. The normalized spacial score (nSPS) is 24.6. The van der Waals surface area contributed by atoms with E-state index in [0.29, 0.717) is 18.8 Å². The third-order valence-corrected chi connectivity index (χ3v) is 2.98. The maximum absolute atomic E-state index is 12.2. The number of ketones is 1. The van der Waals surface area contributed by atoms with Crippen molar-refractivity contribution in [1.29, 1.82) is 0 Å². The quantitative estimate of drug-likeness (QED) is 0.766. The first kappa shape index (κ1) is 11.2. The summed E-state index contributed by atoms with van der Waals surface area (Å²) in [4.78, 5) is 16.3. The summed E-state index contributed by atoms with van der Waals surface area (Å²) < 4.78 is 5.32. The molecule has 4 nitrogen and oxygen atoms in total. The molecule has 0 aromatic carbocycles. The van der Waals surface area contributed by atoms with E-state index in [4.69, 9.17) is 4.74 Å². The number of likely N-dealkylation sites (N-methyl/N-ethyl adjacent to an activating group) is 1. The fourth-order valence-electron chi connectivity index (χ4n) is 1.92. The van der Waals surface area contributed by atoms with Crippen LogP contribution in [0.5, 0.6) is 0 Å². The zero-order chi connectivity index (χ0) is 11.5. The highest BCUT2D eigenvalue weighted by Crippen LogP contribution is 2.18. The lowest BCUT2D eigenvalue weighted by Gasteiger charge is -2.15. The molecule has 2 atom stereocenters. The summed E-state index contributed by atoms with van der Waals surface area (Å²) in [7, 11) is 1.85. The van der Waals surface area contributed by atoms with Crippen molar-refractivity contribution in [2.24, 2.45) is 5.92 Å². The van der Waals surface area contributed by atoms with Gasteiger partial charge in [-0.1, -0.05) is 0 Å². The maximum atomic E-state index is 12.2. The van der Waals surface area contributed by atoms with Gasteiger partial charge < -0.3 is 10.1 Å². The number of carbonyl (C=O) groups excluding carboxylic acids is 1. The average molecular weight is 220 g/mol. The zero-order valence-corrected chi connectivity index (χ0v) is 9.56. The second kappa shape index (κ2) is 4.72. The molecular weight excluding hydrogens is 204 g/mol. The van der Waals surface area contributed by atoms with Gasteiger partial charge in [0.1, 0.15) is 0 Å². The van der Waals surface area contributed by atoms with Crippen molar-refractivity contribution in [1.82, 2.24) is 10.3 Å². The summed E-state index contributed by atoms with van der Waals surface area (Å²) in [5.41, 5.74) is 1.59. The third kappa shape index (κ3) is 2.13. The van der Waals surface area contributed by atoms with Crippen LogP contribution in [0.2, 0.25) is 0 Å². The molecule has 0 bridgehead atoms. The molecule has 86 valence electrons. The van der Waals surface area contributed by atoms with Crippen molar-refractivity contribution < 1.29 is 9.53 Å². The number of pyridine rings is 1. The van der Waals surface area contributed by atoms with E-state index in [9.17, 15) is 4.79 Å². The topological polar surface area (TPSA) is 51.2 Å². The number of ether oxygens (including phenoxy) is 1. The lowest BCUT2D eigenvalue weighted by Crippen LogP contribution is -2.37. The number of hydrogen-bond donors (Lipinski definition) is 1. The van der Waals surface area contributed by atoms with Gasteiger partial charge in [-0.3, -0.25) is 9.78 Å². The van der Waals surface area contributed by atoms with Crippen molar-refractivity contribution in [2.45, 2.75) is 13.0 Å². The molecule has 0 saturated carbocycles. The van der Waals surface area contributed by atoms with E-state index in [-0.39, 0.29) is 17.7 Å². The Bertz CT molecular complexity index is 375. The van der Waals surface area contributed by atoms with Gasteiger partial charge in [0.2, 0.25) is 0 Å². The van der Waals surface area contributed by atoms with Crippen molar-refractivity contribution in [2.75, 3.05) is 20.3 Å². The molecule has 1 aromatic rings. The number of aryl methyl sites for hydroxylation is 1. The lowest BCUT2D eigenvalue weighted by molar-refractivity contribution is 0.0892. The SMILES string of the molecule is CNC1COCC1C(=O)c1ccc(C)nc1. The summed E-state index contributed by atoms with van der Waals surface area (Å²) in [5.74, 6) is 0.0267. The molecule has 0 radical (unpaired) electrons. The minimum Gasteiger partial charge on any atom is -0.379 e. The number of nitrogens with one attached hydrogen (secondary N) is 1. The molecule has 2 unspecified atom stereocenters. The molecular formula is C12H16N2O2. The highest BCUT2D eigenvalue weighted by molar-refractivity contribution is 5.98. The Hall–Kier alpha value is -1.26. The smallest absolute Gasteiger partial charge is 0.171 e. The fourth-order valence-corrected chi connectivity index (χ4v) is 1.92. The van der Waals surface area contributed by atoms with Gasteiger partial charge in [-0.25, -0.2) is 0 Å². The minimum absolute atomic E-state index is 0.0884. The predicted octanol–water partition coefficient (Wildman–Crippen LogP) is 0.807. The molecule has 1 N–H and O–H groups in total. The van der Waals surface area contributed by atoms with Gasteiger partial charge in [-0.2, -0.15) is 0 Å². The first-order chi connectivity index (χ1) is 7.72. The van der Waals surface area contributed by atoms with Crippen molar-refractivity contribution in [3.63, 3.8) is 0 Å². The van der Waals surface area contributed by atoms with Gasteiger partial charge in [-0.15, -0.1) is 0 Å². The zero-order valence-electron chi connectivity index (χ0n) is 9.56. The molecule has 1 aliphatic rings. The molecule has 0 spiro atoms.